The molecule has 3 aromatic heterocycles. The van der Waals surface area contributed by atoms with E-state index in [0.29, 0.717) is 21.9 Å². The van der Waals surface area contributed by atoms with E-state index in [4.69, 9.17) is 0 Å². The minimum Gasteiger partial charge on any atom is -0.267 e. The van der Waals surface area contributed by atoms with E-state index in [2.05, 4.69) is 15.0 Å². The lowest BCUT2D eigenvalue weighted by atomic mass is 9.88. The summed E-state index contributed by atoms with van der Waals surface area (Å²) in [6.45, 7) is 5.80. The Morgan fingerprint density at radius 1 is 1.18 bits per heavy atom. The highest BCUT2D eigenvalue weighted by Crippen LogP contribution is 2.40. The van der Waals surface area contributed by atoms with E-state index in [1.165, 1.54) is 34.9 Å². The molecule has 6 nitrogen and oxygen atoms in total. The predicted octanol–water partition coefficient (Wildman–Crippen LogP) is 4.12. The largest absolute Gasteiger partial charge is 0.399 e. The lowest BCUT2D eigenvalue weighted by molar-refractivity contribution is -0.181. The fourth-order valence-corrected chi connectivity index (χ4v) is 3.17. The number of hydrogen-bond acceptors (Lipinski definition) is 5. The van der Waals surface area contributed by atoms with Crippen LogP contribution in [0.1, 0.15) is 39.4 Å². The van der Waals surface area contributed by atoms with Crippen molar-refractivity contribution in [3.63, 3.8) is 0 Å². The summed E-state index contributed by atoms with van der Waals surface area (Å²) in [6, 6.07) is 2.67. The Morgan fingerprint density at radius 2 is 1.86 bits per heavy atom. The third-order valence-corrected chi connectivity index (χ3v) is 5.17. The molecule has 0 aliphatic rings. The Balaban J connectivity index is 2.34. The Hall–Kier alpha value is -2.36. The number of halogens is 3. The van der Waals surface area contributed by atoms with Gasteiger partial charge < -0.3 is 0 Å². The Bertz CT molecular complexity index is 1080. The zero-order chi connectivity index (χ0) is 20.9. The Morgan fingerprint density at radius 3 is 2.43 bits per heavy atom. The molecule has 0 aliphatic heterocycles. The molecular weight excluding hydrogens is 391 g/mol. The van der Waals surface area contributed by atoms with Crippen LogP contribution in [0.4, 0.5) is 13.2 Å². The van der Waals surface area contributed by atoms with Gasteiger partial charge in [0.1, 0.15) is 10.8 Å². The second-order valence-corrected chi connectivity index (χ2v) is 7.94. The average Bonchev–Trinajstić information content (AvgIpc) is 2.93. The molecule has 0 atom stereocenters. The molecule has 10 heteroatoms. The SMILES string of the molecule is CSc1ncc2c(=O)n(C(C)C)n(-c3ccnc(C(C)(C)C(F)(F)F)c3)c2n1. The Kier molecular flexibility index (Phi) is 5.03. The fraction of sp³-hybridized carbons (Fsp3) is 0.444. The molecule has 0 aliphatic carbocycles. The van der Waals surface area contributed by atoms with Gasteiger partial charge in [-0.3, -0.25) is 9.78 Å². The molecule has 0 unspecified atom stereocenters. The highest BCUT2D eigenvalue weighted by atomic mass is 32.2. The first-order chi connectivity index (χ1) is 13.0. The predicted molar refractivity (Wildman–Crippen MR) is 102 cm³/mol. The zero-order valence-corrected chi connectivity index (χ0v) is 16.9. The molecule has 0 bridgehead atoms. The van der Waals surface area contributed by atoms with Gasteiger partial charge >= 0.3 is 6.18 Å². The molecule has 0 spiro atoms. The van der Waals surface area contributed by atoms with Crippen LogP contribution >= 0.6 is 11.8 Å². The van der Waals surface area contributed by atoms with Crippen LogP contribution in [0.2, 0.25) is 0 Å². The first-order valence-electron chi connectivity index (χ1n) is 8.57. The van der Waals surface area contributed by atoms with Crippen molar-refractivity contribution >= 4 is 22.8 Å². The smallest absolute Gasteiger partial charge is 0.267 e. The van der Waals surface area contributed by atoms with Gasteiger partial charge in [0.2, 0.25) is 0 Å². The maximum Gasteiger partial charge on any atom is 0.399 e. The van der Waals surface area contributed by atoms with Crippen LogP contribution in [0.5, 0.6) is 0 Å². The van der Waals surface area contributed by atoms with Crippen LogP contribution in [0, 0.1) is 0 Å². The number of aromatic nitrogens is 5. The summed E-state index contributed by atoms with van der Waals surface area (Å²) in [5.41, 5.74) is -1.85. The van der Waals surface area contributed by atoms with E-state index >= 15 is 0 Å². The lowest BCUT2D eigenvalue weighted by Gasteiger charge is -2.27. The van der Waals surface area contributed by atoms with Gasteiger partial charge in [0, 0.05) is 18.4 Å². The number of fused-ring (bicyclic) bond motifs is 1. The van der Waals surface area contributed by atoms with Crippen LogP contribution in [0.3, 0.4) is 0 Å². The third kappa shape index (κ3) is 3.19. The van der Waals surface area contributed by atoms with Gasteiger partial charge in [-0.1, -0.05) is 11.8 Å². The summed E-state index contributed by atoms with van der Waals surface area (Å²) in [5.74, 6) is 0. The maximum absolute atomic E-state index is 13.5. The molecule has 0 N–H and O–H groups in total. The monoisotopic (exact) mass is 411 g/mol. The molecule has 0 saturated carbocycles. The minimum absolute atomic E-state index is 0.138. The molecule has 3 heterocycles. The van der Waals surface area contributed by atoms with Crippen molar-refractivity contribution in [2.45, 2.75) is 50.5 Å². The van der Waals surface area contributed by atoms with E-state index in [1.54, 1.807) is 17.0 Å². The van der Waals surface area contributed by atoms with E-state index in [9.17, 15) is 18.0 Å². The van der Waals surface area contributed by atoms with Crippen molar-refractivity contribution in [1.82, 2.24) is 24.3 Å². The number of nitrogens with zero attached hydrogens (tertiary/aromatic N) is 5. The van der Waals surface area contributed by atoms with Crippen molar-refractivity contribution in [3.8, 4) is 5.69 Å². The van der Waals surface area contributed by atoms with Crippen LogP contribution < -0.4 is 5.56 Å². The first-order valence-corrected chi connectivity index (χ1v) is 9.79. The molecule has 0 radical (unpaired) electrons. The minimum atomic E-state index is -4.47. The topological polar surface area (TPSA) is 65.6 Å². The third-order valence-electron chi connectivity index (χ3n) is 4.61. The summed E-state index contributed by atoms with van der Waals surface area (Å²) in [5, 5.41) is 0.770. The highest BCUT2D eigenvalue weighted by molar-refractivity contribution is 7.98. The van der Waals surface area contributed by atoms with Crippen molar-refractivity contribution in [2.24, 2.45) is 0 Å². The summed E-state index contributed by atoms with van der Waals surface area (Å²) in [6.07, 6.45) is 0.103. The normalized spacial score (nSPS) is 12.9. The van der Waals surface area contributed by atoms with Gasteiger partial charge in [0.15, 0.2) is 10.8 Å². The summed E-state index contributed by atoms with van der Waals surface area (Å²) in [7, 11) is 0. The van der Waals surface area contributed by atoms with Crippen LogP contribution in [-0.4, -0.2) is 36.7 Å². The van der Waals surface area contributed by atoms with Gasteiger partial charge in [-0.05, 0) is 46.1 Å². The van der Waals surface area contributed by atoms with Gasteiger partial charge in [-0.25, -0.2) is 19.3 Å². The molecule has 150 valence electrons. The van der Waals surface area contributed by atoms with Gasteiger partial charge in [0.05, 0.1) is 11.4 Å². The first kappa shape index (κ1) is 20.4. The van der Waals surface area contributed by atoms with Crippen molar-refractivity contribution < 1.29 is 13.2 Å². The second-order valence-electron chi connectivity index (χ2n) is 7.17. The van der Waals surface area contributed by atoms with Crippen LogP contribution in [-0.2, 0) is 5.41 Å². The highest BCUT2D eigenvalue weighted by Gasteiger charge is 2.49. The molecule has 0 fully saturated rings. The summed E-state index contributed by atoms with van der Waals surface area (Å²) >= 11 is 1.31. The van der Waals surface area contributed by atoms with Crippen molar-refractivity contribution in [3.05, 3.63) is 40.6 Å². The van der Waals surface area contributed by atoms with Crippen molar-refractivity contribution in [1.29, 1.82) is 0 Å². The molecule has 0 aromatic carbocycles. The van der Waals surface area contributed by atoms with E-state index in [0.717, 1.165) is 13.8 Å². The van der Waals surface area contributed by atoms with E-state index in [-0.39, 0.29) is 17.3 Å². The number of thioether (sulfide) groups is 1. The average molecular weight is 411 g/mol. The van der Waals surface area contributed by atoms with E-state index < -0.39 is 11.6 Å². The maximum atomic E-state index is 13.5. The number of rotatable bonds is 4. The Labute approximate surface area is 163 Å². The van der Waals surface area contributed by atoms with Crippen molar-refractivity contribution in [2.75, 3.05) is 6.26 Å². The quantitative estimate of drug-likeness (QED) is 0.477. The number of pyridine rings is 1. The van der Waals surface area contributed by atoms with Crippen LogP contribution in [0.15, 0.2) is 34.5 Å². The van der Waals surface area contributed by atoms with E-state index in [1.807, 2.05) is 13.8 Å². The standard InChI is InChI=1S/C18H20F3N5OS/c1-10(2)25-15(27)12-9-23-16(28-5)24-14(12)26(25)11-6-7-22-13(8-11)17(3,4)18(19,20)21/h6-10H,1-5H3. The molecule has 3 rings (SSSR count). The van der Waals surface area contributed by atoms with Gasteiger partial charge in [-0.2, -0.15) is 13.2 Å². The molecular formula is C18H20F3N5OS. The number of hydrogen-bond donors (Lipinski definition) is 0. The number of alkyl halides is 3. The fourth-order valence-electron chi connectivity index (χ4n) is 2.83. The van der Waals surface area contributed by atoms with Gasteiger partial charge in [0.25, 0.3) is 5.56 Å². The second kappa shape index (κ2) is 6.91. The lowest BCUT2D eigenvalue weighted by Crippen LogP contribution is -2.37. The zero-order valence-electron chi connectivity index (χ0n) is 16.1. The molecule has 0 saturated heterocycles. The van der Waals surface area contributed by atoms with Gasteiger partial charge in [-0.15, -0.1) is 0 Å². The molecule has 0 amide bonds. The summed E-state index contributed by atoms with van der Waals surface area (Å²) in [4.78, 5) is 25.4. The summed E-state index contributed by atoms with van der Waals surface area (Å²) < 4.78 is 43.5. The molecule has 28 heavy (non-hydrogen) atoms. The van der Waals surface area contributed by atoms with Crippen LogP contribution in [0.25, 0.3) is 16.7 Å². The molecule has 3 aromatic rings.